The highest BCUT2D eigenvalue weighted by atomic mass is 19.1. The lowest BCUT2D eigenvalue weighted by Gasteiger charge is -2.34. The number of nitrogens with one attached hydrogen (secondary N) is 2. The summed E-state index contributed by atoms with van der Waals surface area (Å²) in [6.07, 6.45) is 2.23. The van der Waals surface area contributed by atoms with Crippen molar-refractivity contribution < 1.29 is 14.0 Å². The number of hydrogen-bond donors (Lipinski definition) is 2. The Kier molecular flexibility index (Phi) is 6.77. The van der Waals surface area contributed by atoms with Crippen LogP contribution in [0.2, 0.25) is 0 Å². The number of urea groups is 1. The molecule has 0 spiro atoms. The Morgan fingerprint density at radius 1 is 1.07 bits per heavy atom. The fourth-order valence-electron chi connectivity index (χ4n) is 3.28. The molecule has 1 fully saturated rings. The Morgan fingerprint density at radius 2 is 1.79 bits per heavy atom. The number of aryl methyl sites for hydroxylation is 1. The van der Waals surface area contributed by atoms with Crippen LogP contribution in [0.15, 0.2) is 36.5 Å². The van der Waals surface area contributed by atoms with Crippen LogP contribution in [-0.2, 0) is 11.2 Å². The number of hydrogen-bond acceptors (Lipinski definition) is 4. The van der Waals surface area contributed by atoms with Gasteiger partial charge in [0.1, 0.15) is 5.82 Å². The number of nitrogens with zero attached hydrogens (tertiary/aromatic N) is 3. The number of carbonyl (C=O) groups is 2. The number of rotatable bonds is 5. The van der Waals surface area contributed by atoms with E-state index in [9.17, 15) is 14.0 Å². The summed E-state index contributed by atoms with van der Waals surface area (Å²) in [6.45, 7) is 7.29. The molecule has 2 N–H and O–H groups in total. The summed E-state index contributed by atoms with van der Waals surface area (Å²) in [5.41, 5.74) is 2.63. The maximum absolute atomic E-state index is 14.0. The van der Waals surface area contributed by atoms with Crippen LogP contribution in [0.3, 0.4) is 0 Å². The Labute approximate surface area is 169 Å². The number of carbonyl (C=O) groups excluding carboxylic acids is 2. The highest BCUT2D eigenvalue weighted by Crippen LogP contribution is 2.16. The van der Waals surface area contributed by atoms with E-state index in [-0.39, 0.29) is 5.91 Å². The zero-order chi connectivity index (χ0) is 20.8. The molecule has 0 aliphatic carbocycles. The second-order valence-corrected chi connectivity index (χ2v) is 7.21. The van der Waals surface area contributed by atoms with Crippen molar-refractivity contribution in [3.8, 4) is 0 Å². The quantitative estimate of drug-likeness (QED) is 0.811. The summed E-state index contributed by atoms with van der Waals surface area (Å²) in [5, 5.41) is 5.34. The molecule has 29 heavy (non-hydrogen) atoms. The summed E-state index contributed by atoms with van der Waals surface area (Å²) >= 11 is 0. The van der Waals surface area contributed by atoms with Gasteiger partial charge in [0.05, 0.1) is 11.9 Å². The number of amides is 3. The number of pyridine rings is 1. The summed E-state index contributed by atoms with van der Waals surface area (Å²) in [5.74, 6) is -0.290. The number of anilines is 2. The molecule has 1 aliphatic rings. The minimum Gasteiger partial charge on any atom is -0.340 e. The van der Waals surface area contributed by atoms with Gasteiger partial charge < -0.3 is 15.5 Å². The van der Waals surface area contributed by atoms with Gasteiger partial charge >= 0.3 is 6.03 Å². The molecule has 1 aromatic heterocycles. The molecule has 2 heterocycles. The van der Waals surface area contributed by atoms with Crippen LogP contribution in [0.4, 0.5) is 20.6 Å². The molecule has 1 aromatic carbocycles. The van der Waals surface area contributed by atoms with Crippen LogP contribution in [-0.4, -0.2) is 59.4 Å². The van der Waals surface area contributed by atoms with Gasteiger partial charge in [0.15, 0.2) is 0 Å². The van der Waals surface area contributed by atoms with Crippen molar-refractivity contribution in [1.29, 1.82) is 0 Å². The van der Waals surface area contributed by atoms with Crippen LogP contribution in [0.5, 0.6) is 0 Å². The first-order valence-corrected chi connectivity index (χ1v) is 9.67. The zero-order valence-electron chi connectivity index (χ0n) is 16.7. The minimum atomic E-state index is -0.451. The molecule has 3 rings (SSSR count). The average Bonchev–Trinajstić information content (AvgIpc) is 2.68. The molecule has 2 aromatic rings. The van der Waals surface area contributed by atoms with Crippen LogP contribution >= 0.6 is 0 Å². The van der Waals surface area contributed by atoms with Gasteiger partial charge in [0, 0.05) is 51.0 Å². The maximum Gasteiger partial charge on any atom is 0.323 e. The largest absolute Gasteiger partial charge is 0.340 e. The van der Waals surface area contributed by atoms with E-state index in [0.717, 1.165) is 44.0 Å². The van der Waals surface area contributed by atoms with E-state index in [1.807, 2.05) is 11.8 Å². The minimum absolute atomic E-state index is 0.102. The van der Waals surface area contributed by atoms with Crippen molar-refractivity contribution in [3.63, 3.8) is 0 Å². The topological polar surface area (TPSA) is 77.6 Å². The second kappa shape index (κ2) is 9.47. The molecule has 0 bridgehead atoms. The van der Waals surface area contributed by atoms with Crippen molar-refractivity contribution in [1.82, 2.24) is 14.8 Å². The molecular weight excluding hydrogens is 373 g/mol. The van der Waals surface area contributed by atoms with Gasteiger partial charge in [-0.3, -0.25) is 14.7 Å². The molecule has 154 valence electrons. The molecule has 1 aliphatic heterocycles. The first kappa shape index (κ1) is 20.7. The fraction of sp³-hybridized carbons (Fsp3) is 0.381. The summed E-state index contributed by atoms with van der Waals surface area (Å²) in [7, 11) is 0. The van der Waals surface area contributed by atoms with Crippen LogP contribution in [0, 0.1) is 12.7 Å². The van der Waals surface area contributed by atoms with Gasteiger partial charge in [-0.2, -0.15) is 0 Å². The second-order valence-electron chi connectivity index (χ2n) is 7.21. The van der Waals surface area contributed by atoms with Gasteiger partial charge in [-0.25, -0.2) is 9.18 Å². The predicted molar refractivity (Wildman–Crippen MR) is 110 cm³/mol. The van der Waals surface area contributed by atoms with Gasteiger partial charge in [-0.15, -0.1) is 0 Å². The molecule has 0 unspecified atom stereocenters. The van der Waals surface area contributed by atoms with Crippen LogP contribution in [0.1, 0.15) is 18.2 Å². The third-order valence-corrected chi connectivity index (χ3v) is 4.92. The van der Waals surface area contributed by atoms with E-state index < -0.39 is 11.8 Å². The zero-order valence-corrected chi connectivity index (χ0v) is 16.7. The average molecular weight is 399 g/mol. The van der Waals surface area contributed by atoms with Crippen molar-refractivity contribution in [2.75, 3.05) is 43.4 Å². The summed E-state index contributed by atoms with van der Waals surface area (Å²) < 4.78 is 14.0. The lowest BCUT2D eigenvalue weighted by Crippen LogP contribution is -2.48. The van der Waals surface area contributed by atoms with E-state index in [1.165, 1.54) is 12.1 Å². The summed E-state index contributed by atoms with van der Waals surface area (Å²) in [6, 6.07) is 7.66. The first-order chi connectivity index (χ1) is 13.9. The number of piperazine rings is 1. The summed E-state index contributed by atoms with van der Waals surface area (Å²) in [4.78, 5) is 31.8. The Hall–Kier alpha value is -3.00. The van der Waals surface area contributed by atoms with Crippen molar-refractivity contribution in [2.24, 2.45) is 0 Å². The molecule has 0 atom stereocenters. The van der Waals surface area contributed by atoms with Crippen molar-refractivity contribution in [3.05, 3.63) is 53.6 Å². The molecule has 7 nitrogen and oxygen atoms in total. The Bertz CT molecular complexity index is 864. The Morgan fingerprint density at radius 3 is 2.45 bits per heavy atom. The smallest absolute Gasteiger partial charge is 0.323 e. The highest BCUT2D eigenvalue weighted by molar-refractivity contribution is 5.99. The first-order valence-electron chi connectivity index (χ1n) is 9.67. The van der Waals surface area contributed by atoms with Crippen LogP contribution in [0.25, 0.3) is 0 Å². The fourth-order valence-corrected chi connectivity index (χ4v) is 3.28. The SMILES string of the molecule is CC(=O)N1CCN(CCc2cc(F)cc(NC(=O)Nc3ccc(C)nc3)c2)CC1. The van der Waals surface area contributed by atoms with Crippen LogP contribution < -0.4 is 10.6 Å². The monoisotopic (exact) mass is 399 g/mol. The van der Waals surface area contributed by atoms with Crippen molar-refractivity contribution in [2.45, 2.75) is 20.3 Å². The molecule has 8 heteroatoms. The van der Waals surface area contributed by atoms with E-state index in [4.69, 9.17) is 0 Å². The lowest BCUT2D eigenvalue weighted by atomic mass is 10.1. The molecule has 3 amide bonds. The molecular formula is C21H26FN5O2. The van der Waals surface area contributed by atoms with E-state index in [0.29, 0.717) is 17.8 Å². The maximum atomic E-state index is 14.0. The standard InChI is InChI=1S/C21H26FN5O2/c1-15-3-4-19(14-23-15)24-21(29)25-20-12-17(11-18(22)13-20)5-6-26-7-9-27(10-8-26)16(2)28/h3-4,11-14H,5-10H2,1-2H3,(H2,24,25,29). The van der Waals surface area contributed by atoms with Gasteiger partial charge in [0.25, 0.3) is 0 Å². The third-order valence-electron chi connectivity index (χ3n) is 4.92. The van der Waals surface area contributed by atoms with Gasteiger partial charge in [-0.05, 0) is 49.2 Å². The lowest BCUT2D eigenvalue weighted by molar-refractivity contribution is -0.130. The predicted octanol–water partition coefficient (Wildman–Crippen LogP) is 2.88. The highest BCUT2D eigenvalue weighted by Gasteiger charge is 2.18. The Balaban J connectivity index is 1.53. The van der Waals surface area contributed by atoms with E-state index in [1.54, 1.807) is 31.3 Å². The number of benzene rings is 1. The van der Waals surface area contributed by atoms with E-state index in [2.05, 4.69) is 20.5 Å². The van der Waals surface area contributed by atoms with Gasteiger partial charge in [0.2, 0.25) is 5.91 Å². The molecule has 0 saturated carbocycles. The molecule has 1 saturated heterocycles. The third kappa shape index (κ3) is 6.25. The van der Waals surface area contributed by atoms with Crippen molar-refractivity contribution >= 4 is 23.3 Å². The normalized spacial score (nSPS) is 14.5. The van der Waals surface area contributed by atoms with Gasteiger partial charge in [-0.1, -0.05) is 0 Å². The number of halogens is 1. The van der Waals surface area contributed by atoms with E-state index >= 15 is 0 Å². The molecule has 0 radical (unpaired) electrons. The number of aromatic nitrogens is 1.